The third-order valence-corrected chi connectivity index (χ3v) is 2.49. The van der Waals surface area contributed by atoms with E-state index in [2.05, 4.69) is 6.08 Å². The molecule has 2 aliphatic rings. The molecule has 1 atom stereocenters. The van der Waals surface area contributed by atoms with Crippen LogP contribution in [0.5, 0.6) is 0 Å². The van der Waals surface area contributed by atoms with Crippen molar-refractivity contribution in [2.45, 2.75) is 11.9 Å². The molecule has 0 saturated heterocycles. The summed E-state index contributed by atoms with van der Waals surface area (Å²) in [6, 6.07) is 0. The molecule has 0 aromatic rings. The Morgan fingerprint density at radius 1 is 1.70 bits per heavy atom. The summed E-state index contributed by atoms with van der Waals surface area (Å²) in [6.07, 6.45) is 4.82. The molecule has 1 N–H and O–H groups in total. The van der Waals surface area contributed by atoms with Crippen molar-refractivity contribution in [2.75, 3.05) is 6.61 Å². The average molecular weight is 156 g/mol. The van der Waals surface area contributed by atoms with Crippen LogP contribution in [-0.4, -0.2) is 17.1 Å². The molecule has 3 heteroatoms. The van der Waals surface area contributed by atoms with Crippen molar-refractivity contribution in [2.24, 2.45) is 0 Å². The summed E-state index contributed by atoms with van der Waals surface area (Å²) in [5.74, 6) is 0.865. The van der Waals surface area contributed by atoms with Crippen LogP contribution in [0, 0.1) is 0 Å². The van der Waals surface area contributed by atoms with E-state index < -0.39 is 0 Å². The normalized spacial score (nSPS) is 30.3. The van der Waals surface area contributed by atoms with Gasteiger partial charge in [0.1, 0.15) is 11.2 Å². The summed E-state index contributed by atoms with van der Waals surface area (Å²) in [7, 11) is 0. The Hall–Kier alpha value is -0.410. The van der Waals surface area contributed by atoms with Gasteiger partial charge in [0.25, 0.3) is 0 Å². The lowest BCUT2D eigenvalue weighted by Crippen LogP contribution is -1.98. The van der Waals surface area contributed by atoms with Gasteiger partial charge in [-0.1, -0.05) is 17.8 Å². The summed E-state index contributed by atoms with van der Waals surface area (Å²) >= 11 is 1.45. The number of aliphatic hydroxyl groups excluding tert-OH is 1. The first-order valence-corrected chi connectivity index (χ1v) is 4.14. The highest BCUT2D eigenvalue weighted by atomic mass is 32.2. The lowest BCUT2D eigenvalue weighted by Gasteiger charge is -2.11. The standard InChI is InChI=1S/C7H8O2S/c8-7-4-5-6(10-7)2-1-3-9-5/h2,4,7-8H,1,3H2. The Balaban J connectivity index is 2.27. The third kappa shape index (κ3) is 0.954. The van der Waals surface area contributed by atoms with E-state index in [1.165, 1.54) is 11.8 Å². The SMILES string of the molecule is OC1C=C2OCCC=C2S1. The summed E-state index contributed by atoms with van der Waals surface area (Å²) < 4.78 is 5.28. The van der Waals surface area contributed by atoms with Crippen molar-refractivity contribution < 1.29 is 9.84 Å². The van der Waals surface area contributed by atoms with Gasteiger partial charge < -0.3 is 9.84 Å². The monoisotopic (exact) mass is 156 g/mol. The Morgan fingerprint density at radius 2 is 2.60 bits per heavy atom. The van der Waals surface area contributed by atoms with Gasteiger partial charge in [-0.25, -0.2) is 0 Å². The lowest BCUT2D eigenvalue weighted by molar-refractivity contribution is 0.216. The van der Waals surface area contributed by atoms with E-state index in [0.717, 1.165) is 23.7 Å². The fourth-order valence-corrected chi connectivity index (χ4v) is 1.97. The predicted octanol–water partition coefficient (Wildman–Crippen LogP) is 1.24. The maximum absolute atomic E-state index is 9.13. The van der Waals surface area contributed by atoms with Gasteiger partial charge in [-0.15, -0.1) is 0 Å². The molecule has 1 unspecified atom stereocenters. The predicted molar refractivity (Wildman–Crippen MR) is 40.3 cm³/mol. The van der Waals surface area contributed by atoms with E-state index in [1.807, 2.05) is 0 Å². The van der Waals surface area contributed by atoms with Crippen LogP contribution >= 0.6 is 11.8 Å². The zero-order valence-corrected chi connectivity index (χ0v) is 6.23. The minimum Gasteiger partial charge on any atom is -0.492 e. The van der Waals surface area contributed by atoms with E-state index in [-0.39, 0.29) is 5.44 Å². The van der Waals surface area contributed by atoms with Crippen molar-refractivity contribution in [3.05, 3.63) is 22.8 Å². The number of hydrogen-bond acceptors (Lipinski definition) is 3. The van der Waals surface area contributed by atoms with Crippen LogP contribution in [-0.2, 0) is 4.74 Å². The first kappa shape index (κ1) is 6.31. The minimum absolute atomic E-state index is 0.389. The van der Waals surface area contributed by atoms with Crippen LogP contribution in [0.1, 0.15) is 6.42 Å². The van der Waals surface area contributed by atoms with E-state index >= 15 is 0 Å². The fraction of sp³-hybridized carbons (Fsp3) is 0.429. The summed E-state index contributed by atoms with van der Waals surface area (Å²) in [4.78, 5) is 1.10. The number of ether oxygens (including phenoxy) is 1. The van der Waals surface area contributed by atoms with Crippen molar-refractivity contribution in [3.63, 3.8) is 0 Å². The van der Waals surface area contributed by atoms with E-state index in [9.17, 15) is 0 Å². The molecular weight excluding hydrogens is 148 g/mol. The molecule has 0 aliphatic carbocycles. The van der Waals surface area contributed by atoms with E-state index in [0.29, 0.717) is 0 Å². The quantitative estimate of drug-likeness (QED) is 0.572. The number of thioether (sulfide) groups is 1. The van der Waals surface area contributed by atoms with Gasteiger partial charge in [0.05, 0.1) is 6.61 Å². The maximum atomic E-state index is 9.13. The second-order valence-electron chi connectivity index (χ2n) is 2.24. The zero-order chi connectivity index (χ0) is 6.97. The minimum atomic E-state index is -0.389. The maximum Gasteiger partial charge on any atom is 0.132 e. The number of aliphatic hydroxyl groups is 1. The van der Waals surface area contributed by atoms with E-state index in [1.54, 1.807) is 6.08 Å². The molecule has 2 aliphatic heterocycles. The van der Waals surface area contributed by atoms with Gasteiger partial charge in [0.2, 0.25) is 0 Å². The molecule has 10 heavy (non-hydrogen) atoms. The second kappa shape index (κ2) is 2.32. The first-order chi connectivity index (χ1) is 4.86. The fourth-order valence-electron chi connectivity index (χ4n) is 1.06. The highest BCUT2D eigenvalue weighted by Gasteiger charge is 2.22. The summed E-state index contributed by atoms with van der Waals surface area (Å²) in [5.41, 5.74) is -0.389. The van der Waals surface area contributed by atoms with Crippen LogP contribution in [0.4, 0.5) is 0 Å². The van der Waals surface area contributed by atoms with Gasteiger partial charge in [0, 0.05) is 11.3 Å². The molecule has 2 nitrogen and oxygen atoms in total. The molecule has 2 heterocycles. The molecular formula is C7H8O2S. The highest BCUT2D eigenvalue weighted by molar-refractivity contribution is 8.04. The van der Waals surface area contributed by atoms with Gasteiger partial charge in [-0.2, -0.15) is 0 Å². The van der Waals surface area contributed by atoms with Crippen LogP contribution in [0.15, 0.2) is 22.8 Å². The first-order valence-electron chi connectivity index (χ1n) is 3.26. The Bertz CT molecular complexity index is 208. The van der Waals surface area contributed by atoms with Gasteiger partial charge in [0.15, 0.2) is 0 Å². The van der Waals surface area contributed by atoms with Crippen molar-refractivity contribution in [3.8, 4) is 0 Å². The Labute approximate surface area is 63.6 Å². The largest absolute Gasteiger partial charge is 0.492 e. The molecule has 0 bridgehead atoms. The lowest BCUT2D eigenvalue weighted by atomic mass is 10.3. The summed E-state index contributed by atoms with van der Waals surface area (Å²) in [5, 5.41) is 9.13. The highest BCUT2D eigenvalue weighted by Crippen LogP contribution is 2.38. The van der Waals surface area contributed by atoms with Crippen LogP contribution in [0.25, 0.3) is 0 Å². The molecule has 2 rings (SSSR count). The number of fused-ring (bicyclic) bond motifs is 1. The van der Waals surface area contributed by atoms with Gasteiger partial charge in [-0.3, -0.25) is 0 Å². The average Bonchev–Trinajstić information content (AvgIpc) is 2.27. The molecule has 0 amide bonds. The molecule has 0 aromatic heterocycles. The van der Waals surface area contributed by atoms with Crippen LogP contribution < -0.4 is 0 Å². The molecule has 0 radical (unpaired) electrons. The zero-order valence-electron chi connectivity index (χ0n) is 5.41. The molecule has 0 fully saturated rings. The Morgan fingerprint density at radius 3 is 3.40 bits per heavy atom. The summed E-state index contributed by atoms with van der Waals surface area (Å²) in [6.45, 7) is 0.753. The van der Waals surface area contributed by atoms with Crippen LogP contribution in [0.2, 0.25) is 0 Å². The van der Waals surface area contributed by atoms with Crippen molar-refractivity contribution in [1.29, 1.82) is 0 Å². The molecule has 0 aromatic carbocycles. The topological polar surface area (TPSA) is 29.5 Å². The van der Waals surface area contributed by atoms with Gasteiger partial charge >= 0.3 is 0 Å². The van der Waals surface area contributed by atoms with Crippen molar-refractivity contribution >= 4 is 11.8 Å². The number of hydrogen-bond donors (Lipinski definition) is 1. The molecule has 54 valence electrons. The Kier molecular flexibility index (Phi) is 1.47. The van der Waals surface area contributed by atoms with Crippen LogP contribution in [0.3, 0.4) is 0 Å². The second-order valence-corrected chi connectivity index (χ2v) is 3.40. The van der Waals surface area contributed by atoms with Crippen molar-refractivity contribution in [1.82, 2.24) is 0 Å². The third-order valence-electron chi connectivity index (χ3n) is 1.49. The van der Waals surface area contributed by atoms with E-state index in [4.69, 9.17) is 9.84 Å². The van der Waals surface area contributed by atoms with Gasteiger partial charge in [-0.05, 0) is 6.08 Å². The smallest absolute Gasteiger partial charge is 0.132 e. The molecule has 0 saturated carbocycles. The number of rotatable bonds is 0. The molecule has 0 spiro atoms.